The van der Waals surface area contributed by atoms with E-state index in [-0.39, 0.29) is 24.3 Å². The summed E-state index contributed by atoms with van der Waals surface area (Å²) in [7, 11) is 0. The highest BCUT2D eigenvalue weighted by molar-refractivity contribution is 5.60. The number of hydrogen-bond donors (Lipinski definition) is 2. The minimum atomic E-state index is -5.69. The Bertz CT molecular complexity index is 837. The van der Waals surface area contributed by atoms with E-state index in [0.29, 0.717) is 0 Å². The minimum Gasteiger partial charge on any atom is -0.455 e. The van der Waals surface area contributed by atoms with Crippen molar-refractivity contribution in [3.63, 3.8) is 0 Å². The second-order valence-corrected chi connectivity index (χ2v) is 5.98. The maximum Gasteiger partial charge on any atom is 0.420 e. The molecule has 2 aromatic rings. The van der Waals surface area contributed by atoms with Crippen LogP contribution in [0.1, 0.15) is 22.3 Å². The lowest BCUT2D eigenvalue weighted by atomic mass is 10.0. The fourth-order valence-corrected chi connectivity index (χ4v) is 2.47. The Labute approximate surface area is 164 Å². The number of halogens is 12. The molecule has 0 bridgehead atoms. The van der Waals surface area contributed by atoms with E-state index in [1.165, 1.54) is 0 Å². The van der Waals surface area contributed by atoms with Crippen molar-refractivity contribution in [2.24, 2.45) is 0 Å². The molecule has 0 aliphatic rings. The molecule has 2 rings (SSSR count). The summed E-state index contributed by atoms with van der Waals surface area (Å²) in [5.74, 6) is -4.68. The Morgan fingerprint density at radius 3 is 0.806 bits per heavy atom. The molecule has 0 saturated heterocycles. The van der Waals surface area contributed by atoms with Crippen LogP contribution in [0, 0.1) is 0 Å². The Morgan fingerprint density at radius 1 is 0.452 bits per heavy atom. The summed E-state index contributed by atoms with van der Waals surface area (Å²) in [5.41, 5.74) is -1.57. The van der Waals surface area contributed by atoms with Crippen LogP contribution in [0.25, 0.3) is 0 Å². The number of ether oxygens (including phenoxy) is 1. The van der Waals surface area contributed by atoms with Gasteiger partial charge in [-0.1, -0.05) is 0 Å². The monoisotopic (exact) mass is 472 g/mol. The van der Waals surface area contributed by atoms with Crippen LogP contribution >= 0.6 is 0 Å². The number of rotatable bonds is 2. The molecule has 0 saturated carbocycles. The van der Waals surface area contributed by atoms with Crippen LogP contribution in [0.2, 0.25) is 0 Å². The normalized spacial score (nSPS) is 13.4. The van der Waals surface area contributed by atoms with Gasteiger partial charge in [-0.15, -0.1) is 0 Å². The van der Waals surface area contributed by atoms with Gasteiger partial charge in [0.25, 0.3) is 0 Å². The lowest BCUT2D eigenvalue weighted by Gasteiger charge is -2.24. The summed E-state index contributed by atoms with van der Waals surface area (Å²) in [5, 5.41) is 0. The maximum absolute atomic E-state index is 13.3. The topological polar surface area (TPSA) is 61.3 Å². The number of hydrogen-bond acceptors (Lipinski definition) is 3. The van der Waals surface area contributed by atoms with Crippen LogP contribution in [0.3, 0.4) is 0 Å². The Kier molecular flexibility index (Phi) is 5.72. The molecule has 0 spiro atoms. The van der Waals surface area contributed by atoms with Crippen molar-refractivity contribution in [3.8, 4) is 11.5 Å². The quantitative estimate of drug-likeness (QED) is 0.377. The smallest absolute Gasteiger partial charge is 0.420 e. The van der Waals surface area contributed by atoms with E-state index in [9.17, 15) is 52.7 Å². The summed E-state index contributed by atoms with van der Waals surface area (Å²) in [6.07, 6.45) is -22.7. The van der Waals surface area contributed by atoms with Crippen molar-refractivity contribution < 1.29 is 57.4 Å². The third kappa shape index (κ3) is 5.19. The van der Waals surface area contributed by atoms with E-state index in [1.54, 1.807) is 0 Å². The molecule has 0 aliphatic carbocycles. The molecule has 0 fully saturated rings. The molecule has 3 nitrogen and oxygen atoms in total. The fourth-order valence-electron chi connectivity index (χ4n) is 2.47. The lowest BCUT2D eigenvalue weighted by molar-refractivity contribution is -0.146. The number of nitrogen functional groups attached to an aromatic ring is 2. The number of benzene rings is 2. The highest BCUT2D eigenvalue weighted by Crippen LogP contribution is 2.51. The predicted octanol–water partition coefficient (Wildman–Crippen LogP) is 6.72. The van der Waals surface area contributed by atoms with Crippen LogP contribution in [0.15, 0.2) is 24.3 Å². The fraction of sp³-hybridized carbons (Fsp3) is 0.250. The molecule has 31 heavy (non-hydrogen) atoms. The van der Waals surface area contributed by atoms with E-state index in [0.717, 1.165) is 0 Å². The van der Waals surface area contributed by atoms with Crippen molar-refractivity contribution in [2.45, 2.75) is 24.7 Å². The van der Waals surface area contributed by atoms with Crippen molar-refractivity contribution in [1.82, 2.24) is 0 Å². The molecule has 172 valence electrons. The molecule has 0 unspecified atom stereocenters. The summed E-state index contributed by atoms with van der Waals surface area (Å²) in [4.78, 5) is 0. The van der Waals surface area contributed by atoms with Gasteiger partial charge in [-0.3, -0.25) is 0 Å². The zero-order valence-electron chi connectivity index (χ0n) is 14.4. The first-order valence-electron chi connectivity index (χ1n) is 7.56. The Morgan fingerprint density at radius 2 is 0.645 bits per heavy atom. The van der Waals surface area contributed by atoms with E-state index < -0.39 is 69.8 Å². The SMILES string of the molecule is Nc1cc(C(F)(F)F)c(Oc2c(C(F)(F)F)cc(N)cc2C(F)(F)F)c(C(F)(F)F)c1. The van der Waals surface area contributed by atoms with Crippen molar-refractivity contribution in [2.75, 3.05) is 11.5 Å². The average Bonchev–Trinajstić information content (AvgIpc) is 2.53. The van der Waals surface area contributed by atoms with E-state index in [4.69, 9.17) is 11.5 Å². The number of anilines is 2. The summed E-state index contributed by atoms with van der Waals surface area (Å²) < 4.78 is 163. The molecule has 0 aromatic heterocycles. The predicted molar refractivity (Wildman–Crippen MR) is 81.8 cm³/mol. The summed E-state index contributed by atoms with van der Waals surface area (Å²) >= 11 is 0. The van der Waals surface area contributed by atoms with Gasteiger partial charge in [-0.05, 0) is 24.3 Å². The first-order chi connectivity index (χ1) is 13.7. The third-order valence-electron chi connectivity index (χ3n) is 3.65. The number of alkyl halides is 12. The van der Waals surface area contributed by atoms with Crippen molar-refractivity contribution in [3.05, 3.63) is 46.5 Å². The lowest BCUT2D eigenvalue weighted by Crippen LogP contribution is -2.18. The van der Waals surface area contributed by atoms with Gasteiger partial charge in [0, 0.05) is 11.4 Å². The van der Waals surface area contributed by atoms with Crippen LogP contribution < -0.4 is 16.2 Å². The summed E-state index contributed by atoms with van der Waals surface area (Å²) in [6.45, 7) is 0. The first-order valence-corrected chi connectivity index (χ1v) is 7.56. The average molecular weight is 472 g/mol. The van der Waals surface area contributed by atoms with Gasteiger partial charge in [0.2, 0.25) is 0 Å². The van der Waals surface area contributed by atoms with Gasteiger partial charge >= 0.3 is 24.7 Å². The van der Waals surface area contributed by atoms with Gasteiger partial charge in [0.05, 0.1) is 0 Å². The molecule has 2 aromatic carbocycles. The second kappa shape index (κ2) is 7.30. The summed E-state index contributed by atoms with van der Waals surface area (Å²) in [6, 6.07) is -0.490. The van der Waals surface area contributed by atoms with Gasteiger partial charge in [-0.25, -0.2) is 0 Å². The van der Waals surface area contributed by atoms with Crippen LogP contribution in [0.4, 0.5) is 64.1 Å². The minimum absolute atomic E-state index is 0.123. The van der Waals surface area contributed by atoms with Crippen LogP contribution in [0.5, 0.6) is 11.5 Å². The molecular weight excluding hydrogens is 464 g/mol. The zero-order chi connectivity index (χ0) is 24.2. The van der Waals surface area contributed by atoms with Crippen molar-refractivity contribution in [1.29, 1.82) is 0 Å². The second-order valence-electron chi connectivity index (χ2n) is 5.98. The molecule has 0 aliphatic heterocycles. The Balaban J connectivity index is 2.98. The van der Waals surface area contributed by atoms with Gasteiger partial charge in [0.15, 0.2) is 11.5 Å². The molecule has 0 amide bonds. The maximum atomic E-state index is 13.3. The third-order valence-corrected chi connectivity index (χ3v) is 3.65. The first kappa shape index (κ1) is 24.3. The molecule has 15 heteroatoms. The highest BCUT2D eigenvalue weighted by atomic mass is 19.4. The molecule has 4 N–H and O–H groups in total. The Hall–Kier alpha value is -3.00. The van der Waals surface area contributed by atoms with Gasteiger partial charge < -0.3 is 16.2 Å². The van der Waals surface area contributed by atoms with Gasteiger partial charge in [0.1, 0.15) is 22.3 Å². The highest BCUT2D eigenvalue weighted by Gasteiger charge is 2.46. The van der Waals surface area contributed by atoms with E-state index in [2.05, 4.69) is 4.74 Å². The zero-order valence-corrected chi connectivity index (χ0v) is 14.4. The van der Waals surface area contributed by atoms with Crippen LogP contribution in [-0.2, 0) is 24.7 Å². The van der Waals surface area contributed by atoms with E-state index >= 15 is 0 Å². The van der Waals surface area contributed by atoms with Crippen molar-refractivity contribution >= 4 is 11.4 Å². The molecule has 0 heterocycles. The van der Waals surface area contributed by atoms with Crippen LogP contribution in [-0.4, -0.2) is 0 Å². The van der Waals surface area contributed by atoms with Gasteiger partial charge in [-0.2, -0.15) is 52.7 Å². The number of nitrogens with two attached hydrogens (primary N) is 2. The largest absolute Gasteiger partial charge is 0.455 e. The molecular formula is C16H8F12N2O. The molecule has 0 atom stereocenters. The van der Waals surface area contributed by atoms with E-state index in [1.807, 2.05) is 0 Å². The molecule has 0 radical (unpaired) electrons. The standard InChI is InChI=1S/C16H8F12N2O/c17-13(18,19)7-1-5(29)2-8(14(20,21)22)11(7)31-12-9(15(23,24)25)3-6(30)4-10(12)16(26,27)28/h1-4H,29-30H2.